The number of benzene rings is 1. The van der Waals surface area contributed by atoms with E-state index >= 15 is 0 Å². The molecule has 0 spiro atoms. The number of nitrogens with zero attached hydrogens (tertiary/aromatic N) is 2. The number of aliphatic carboxylic acids is 3. The van der Waals surface area contributed by atoms with Crippen molar-refractivity contribution in [3.05, 3.63) is 48.0 Å². The molecule has 110 heavy (non-hydrogen) atoms. The number of aliphatic hydroxyl groups excluding tert-OH is 2. The molecule has 0 radical (unpaired) electrons. The van der Waals surface area contributed by atoms with Crippen molar-refractivity contribution in [2.75, 3.05) is 59.3 Å². The first-order valence-electron chi connectivity index (χ1n) is 35.0. The molecule has 0 unspecified atom stereocenters. The van der Waals surface area contributed by atoms with Gasteiger partial charge in [-0.15, -0.1) is 0 Å². The molecule has 0 bridgehead atoms. The number of fused-ring (bicyclic) bond motifs is 1. The number of aliphatic hydroxyl groups is 2. The second-order valence-corrected chi connectivity index (χ2v) is 25.9. The van der Waals surface area contributed by atoms with Gasteiger partial charge in [-0.2, -0.15) is 0 Å². The van der Waals surface area contributed by atoms with Crippen LogP contribution in [0, 0.1) is 0 Å². The Balaban J connectivity index is 1.40. The van der Waals surface area contributed by atoms with Gasteiger partial charge in [0.2, 0.25) is 100 Å². The zero-order valence-electron chi connectivity index (χ0n) is 59.6. The van der Waals surface area contributed by atoms with E-state index in [0.717, 1.165) is 9.80 Å². The van der Waals surface area contributed by atoms with Gasteiger partial charge in [0, 0.05) is 51.6 Å². The molecule has 3 fully saturated rings. The van der Waals surface area contributed by atoms with Gasteiger partial charge in [-0.05, 0) is 63.4 Å². The first-order valence-corrected chi connectivity index (χ1v) is 35.0. The molecule has 17 amide bonds. The van der Waals surface area contributed by atoms with Gasteiger partial charge in [0.25, 0.3) is 0 Å². The van der Waals surface area contributed by atoms with E-state index in [2.05, 4.69) is 63.8 Å². The Morgan fingerprint density at radius 2 is 1.12 bits per heavy atom. The van der Waals surface area contributed by atoms with E-state index in [-0.39, 0.29) is 64.6 Å². The summed E-state index contributed by atoms with van der Waals surface area (Å²) in [6.07, 6.45) is -3.74. The van der Waals surface area contributed by atoms with E-state index in [9.17, 15) is 121 Å². The lowest BCUT2D eigenvalue weighted by molar-refractivity contribution is -0.146. The number of carboxylic acids is 3. The minimum absolute atomic E-state index is 0.0265. The maximum absolute atomic E-state index is 14.4. The Labute approximate surface area is 626 Å². The smallest absolute Gasteiger partial charge is 0.328 e. The summed E-state index contributed by atoms with van der Waals surface area (Å²) in [5.74, 6) is -23.2. The van der Waals surface area contributed by atoms with Crippen LogP contribution in [0.2, 0.25) is 0 Å². The number of hydrogen-bond acceptors (Lipinski definition) is 24. The van der Waals surface area contributed by atoms with E-state index in [0.29, 0.717) is 5.56 Å². The zero-order valence-corrected chi connectivity index (χ0v) is 59.6. The third kappa shape index (κ3) is 29.1. The highest BCUT2D eigenvalue weighted by molar-refractivity contribution is 6.01. The standard InChI is InChI=1S/C66H93N17O27/c67-47(86)17-12-34-54(95)70-28-51(90)72-36(15-20-52(91)92)56(97)78-41(29-84)60(101)75-38(13-18-48(68)87)64(105)82-22-6-11-46(82)63(104)81-44(66(107)108)32-110-25-5-4-24-109-31-43(61(102)73-34)80-59(100)40(27-49(69)88)77-57(98)37(16-21-53(93)94)74-62(103)45-10-7-23-83(45)65(106)42(30-85)79-58(99)39(26-33-8-2-1-3-9-33)76-55(96)35-14-19-50(89)71-35/h1-5,8-9,34-46,84-85H,6-7,10-32H2,(H2,67,86)(H2,68,87)(H2,69,88)(H,70,95)(H,71,89)(H,72,90)(H,73,102)(H,74,103)(H,75,101)(H,76,96)(H,77,98)(H,78,97)(H,79,99)(H,80,100)(H,81,104)(H,91,92)(H,93,94)(H,107,108)/b5-4+/t34-,35-,36-,37-,38-,39-,40-,41-,42-,43-,44-,45-,46-/m0/s1. The van der Waals surface area contributed by atoms with Crippen LogP contribution in [0.4, 0.5) is 0 Å². The van der Waals surface area contributed by atoms with Gasteiger partial charge in [-0.1, -0.05) is 42.5 Å². The first-order chi connectivity index (χ1) is 52.2. The van der Waals surface area contributed by atoms with Crippen molar-refractivity contribution in [2.45, 2.75) is 181 Å². The Kier molecular flexibility index (Phi) is 35.9. The number of nitrogens with two attached hydrogens (primary N) is 3. The molecule has 4 aliphatic heterocycles. The molecule has 13 atom stereocenters. The summed E-state index contributed by atoms with van der Waals surface area (Å²) in [7, 11) is 0. The molecule has 3 saturated heterocycles. The molecule has 5 rings (SSSR count). The average Bonchev–Trinajstić information content (AvgIpc) is 1.61. The van der Waals surface area contributed by atoms with E-state index in [1.54, 1.807) is 30.3 Å². The summed E-state index contributed by atoms with van der Waals surface area (Å²) in [6, 6.07) is -13.8. The maximum atomic E-state index is 14.4. The maximum Gasteiger partial charge on any atom is 0.328 e. The number of carbonyl (C=O) groups excluding carboxylic acids is 17. The third-order valence-corrected chi connectivity index (χ3v) is 17.6. The van der Waals surface area contributed by atoms with Gasteiger partial charge >= 0.3 is 17.9 Å². The second kappa shape index (κ2) is 44.5. The van der Waals surface area contributed by atoms with Crippen LogP contribution >= 0.6 is 0 Å². The molecule has 23 N–H and O–H groups in total. The largest absolute Gasteiger partial charge is 0.481 e. The number of amides is 17. The van der Waals surface area contributed by atoms with Gasteiger partial charge in [-0.3, -0.25) is 91.1 Å². The average molecular weight is 1560 g/mol. The zero-order chi connectivity index (χ0) is 81.3. The molecule has 44 heteroatoms. The summed E-state index contributed by atoms with van der Waals surface area (Å²) in [6.45, 7) is -6.10. The van der Waals surface area contributed by atoms with Crippen LogP contribution in [-0.2, 0) is 112 Å². The highest BCUT2D eigenvalue weighted by atomic mass is 16.5. The summed E-state index contributed by atoms with van der Waals surface area (Å²) >= 11 is 0. The summed E-state index contributed by atoms with van der Waals surface area (Å²) in [4.78, 5) is 268. The number of likely N-dealkylation sites (tertiary alicyclic amines) is 1. The lowest BCUT2D eigenvalue weighted by atomic mass is 10.0. The third-order valence-electron chi connectivity index (χ3n) is 17.6. The van der Waals surface area contributed by atoms with Crippen LogP contribution in [0.15, 0.2) is 42.5 Å². The second-order valence-electron chi connectivity index (χ2n) is 25.9. The number of carboxylic acid groups (broad SMARTS) is 3. The van der Waals surface area contributed by atoms with Crippen molar-refractivity contribution in [1.82, 2.24) is 73.6 Å². The topological polar surface area (TPSA) is 690 Å². The normalized spacial score (nSPS) is 23.6. The Bertz CT molecular complexity index is 3600. The molecular weight excluding hydrogens is 1460 g/mol. The van der Waals surface area contributed by atoms with Crippen LogP contribution in [0.5, 0.6) is 0 Å². The van der Waals surface area contributed by atoms with Crippen molar-refractivity contribution >= 4 is 118 Å². The van der Waals surface area contributed by atoms with E-state index in [4.69, 9.17) is 26.7 Å². The van der Waals surface area contributed by atoms with Gasteiger partial charge < -0.3 is 126 Å². The highest BCUT2D eigenvalue weighted by Crippen LogP contribution is 2.22. The predicted octanol–water partition coefficient (Wildman–Crippen LogP) is -10.7. The molecule has 44 nitrogen and oxygen atoms in total. The molecule has 1 aromatic rings. The van der Waals surface area contributed by atoms with E-state index in [1.807, 2.05) is 0 Å². The first kappa shape index (κ1) is 88.8. The van der Waals surface area contributed by atoms with Crippen molar-refractivity contribution in [1.29, 1.82) is 0 Å². The number of rotatable bonds is 30. The van der Waals surface area contributed by atoms with E-state index in [1.165, 1.54) is 12.2 Å². The molecular formula is C66H93N17O27. The summed E-state index contributed by atoms with van der Waals surface area (Å²) in [5, 5.41) is 77.6. The number of hydrogen-bond donors (Lipinski definition) is 20. The fourth-order valence-electron chi connectivity index (χ4n) is 11.8. The fourth-order valence-corrected chi connectivity index (χ4v) is 11.8. The molecule has 1 aromatic carbocycles. The van der Waals surface area contributed by atoms with Gasteiger partial charge in [0.05, 0.1) is 52.6 Å². The van der Waals surface area contributed by atoms with Crippen LogP contribution in [-0.4, -0.2) is 291 Å². The number of carbonyl (C=O) groups is 20. The molecule has 0 saturated carbocycles. The van der Waals surface area contributed by atoms with Crippen molar-refractivity contribution in [3.63, 3.8) is 0 Å². The number of primary amides is 3. The van der Waals surface area contributed by atoms with Crippen LogP contribution in [0.25, 0.3) is 0 Å². The Hall–Kier alpha value is -11.8. The minimum Gasteiger partial charge on any atom is -0.481 e. The monoisotopic (exact) mass is 1560 g/mol. The van der Waals surface area contributed by atoms with Crippen LogP contribution in [0.1, 0.15) is 102 Å². The summed E-state index contributed by atoms with van der Waals surface area (Å²) < 4.78 is 11.1. The molecule has 0 aliphatic carbocycles. The fraction of sp³-hybridized carbons (Fsp3) is 0.576. The van der Waals surface area contributed by atoms with Gasteiger partial charge in [0.15, 0.2) is 6.04 Å². The van der Waals surface area contributed by atoms with Crippen LogP contribution in [0.3, 0.4) is 0 Å². The number of ether oxygens (including phenoxy) is 2. The van der Waals surface area contributed by atoms with Gasteiger partial charge in [0.1, 0.15) is 72.5 Å². The minimum atomic E-state index is -2.12. The molecule has 4 heterocycles. The lowest BCUT2D eigenvalue weighted by Crippen LogP contribution is -2.61. The van der Waals surface area contributed by atoms with Crippen molar-refractivity contribution in [3.8, 4) is 0 Å². The Morgan fingerprint density at radius 1 is 0.536 bits per heavy atom. The van der Waals surface area contributed by atoms with Crippen LogP contribution < -0.4 is 81.0 Å². The quantitative estimate of drug-likeness (QED) is 0.0318. The van der Waals surface area contributed by atoms with Crippen molar-refractivity contribution < 1.29 is 131 Å². The Morgan fingerprint density at radius 3 is 1.73 bits per heavy atom. The van der Waals surface area contributed by atoms with Gasteiger partial charge in [-0.25, -0.2) is 4.79 Å². The molecule has 604 valence electrons. The molecule has 0 aromatic heterocycles. The SMILES string of the molecule is NC(=O)CC[C@@H]1NC(=O)[C@@H](NC(=O)[C@H](CC(N)=O)NC(=O)[C@H](CCC(=O)O)NC(=O)[C@@H]2CCCN2C(=O)[C@H](CO)NC(=O)[C@H](Cc2ccccc2)NC(=O)[C@@H]2CCC(=O)N2)COC/C=C/COC[C@@H](C(=O)O)NC(=O)[C@@H]2CCCN2C(=O)[C@H](CCC(N)=O)NC(=O)[C@H](CO)NC(=O)[C@H](CCC(=O)O)NC(=O)CNC1=O. The lowest BCUT2D eigenvalue weighted by Gasteiger charge is -2.30. The number of nitrogens with one attached hydrogen (secondary N) is 12. The predicted molar refractivity (Wildman–Crippen MR) is 370 cm³/mol. The van der Waals surface area contributed by atoms with Crippen molar-refractivity contribution in [2.24, 2.45) is 17.2 Å². The highest BCUT2D eigenvalue weighted by Gasteiger charge is 2.43. The summed E-state index contributed by atoms with van der Waals surface area (Å²) in [5.41, 5.74) is 16.8. The molecule has 4 aliphatic rings. The van der Waals surface area contributed by atoms with E-state index < -0.39 is 294 Å².